The first kappa shape index (κ1) is 27.7. The second kappa shape index (κ2) is 11.0. The normalized spacial score (nSPS) is 16.3. The zero-order valence-electron chi connectivity index (χ0n) is 25.4. The van der Waals surface area contributed by atoms with Crippen LogP contribution >= 0.6 is 0 Å². The van der Waals surface area contributed by atoms with Crippen molar-refractivity contribution in [1.82, 2.24) is 4.98 Å². The van der Waals surface area contributed by atoms with Crippen LogP contribution in [0.1, 0.15) is 82.2 Å². The third-order valence-electron chi connectivity index (χ3n) is 8.54. The first-order valence-corrected chi connectivity index (χ1v) is 14.5. The summed E-state index contributed by atoms with van der Waals surface area (Å²) in [5, 5.41) is 2.29. The summed E-state index contributed by atoms with van der Waals surface area (Å²) in [4.78, 5) is 14.1. The van der Waals surface area contributed by atoms with E-state index in [4.69, 9.17) is 19.5 Å². The van der Waals surface area contributed by atoms with Gasteiger partial charge >= 0.3 is 0 Å². The minimum absolute atomic E-state index is 0.798. The van der Waals surface area contributed by atoms with Crippen LogP contribution in [-0.2, 0) is 12.8 Å². The van der Waals surface area contributed by atoms with E-state index >= 15 is 0 Å². The largest absolute Gasteiger partial charge is 0.496 e. The van der Waals surface area contributed by atoms with E-state index in [0.717, 1.165) is 87.4 Å². The fourth-order valence-electron chi connectivity index (χ4n) is 6.50. The van der Waals surface area contributed by atoms with E-state index in [-0.39, 0.29) is 0 Å². The summed E-state index contributed by atoms with van der Waals surface area (Å²) in [5.74, 6) is 1.60. The molecule has 40 heavy (non-hydrogen) atoms. The lowest BCUT2D eigenvalue weighted by molar-refractivity contribution is 0.387. The lowest BCUT2D eigenvalue weighted by atomic mass is 9.97. The number of ether oxygens (including phenoxy) is 2. The predicted octanol–water partition coefficient (Wildman–Crippen LogP) is 6.78. The van der Waals surface area contributed by atoms with Gasteiger partial charge in [0.2, 0.25) is 0 Å². The van der Waals surface area contributed by atoms with E-state index in [1.54, 1.807) is 14.2 Å². The van der Waals surface area contributed by atoms with Gasteiger partial charge in [-0.2, -0.15) is 0 Å². The Morgan fingerprint density at radius 1 is 0.625 bits per heavy atom. The summed E-state index contributed by atoms with van der Waals surface area (Å²) in [6.45, 7) is 15.3. The third-order valence-corrected chi connectivity index (χ3v) is 8.54. The molecule has 5 rings (SSSR count). The molecule has 0 atom stereocenters. The maximum absolute atomic E-state index is 5.93. The fourth-order valence-corrected chi connectivity index (χ4v) is 6.50. The summed E-state index contributed by atoms with van der Waals surface area (Å²) >= 11 is 0. The van der Waals surface area contributed by atoms with Crippen molar-refractivity contribution < 1.29 is 9.47 Å². The van der Waals surface area contributed by atoms with E-state index < -0.39 is 0 Å². The number of benzene rings is 1. The number of aromatic amines is 1. The van der Waals surface area contributed by atoms with Crippen LogP contribution in [0.4, 0.5) is 0 Å². The first-order chi connectivity index (χ1) is 19.3. The lowest BCUT2D eigenvalue weighted by Gasteiger charge is -2.16. The van der Waals surface area contributed by atoms with E-state index in [0.29, 0.717) is 0 Å². The van der Waals surface area contributed by atoms with Gasteiger partial charge in [-0.1, -0.05) is 27.7 Å². The highest BCUT2D eigenvalue weighted by atomic mass is 16.5. The Labute approximate surface area is 238 Å². The van der Waals surface area contributed by atoms with Crippen molar-refractivity contribution in [2.45, 2.75) is 74.1 Å². The van der Waals surface area contributed by atoms with Crippen molar-refractivity contribution in [1.29, 1.82) is 0 Å². The van der Waals surface area contributed by atoms with Crippen LogP contribution in [-0.4, -0.2) is 30.6 Å². The van der Waals surface area contributed by atoms with Crippen LogP contribution in [0, 0.1) is 6.92 Å². The maximum atomic E-state index is 5.93. The highest BCUT2D eigenvalue weighted by molar-refractivity contribution is 6.24. The molecule has 0 unspecified atom stereocenters. The van der Waals surface area contributed by atoms with E-state index in [1.807, 2.05) is 0 Å². The summed E-state index contributed by atoms with van der Waals surface area (Å²) < 4.78 is 11.9. The molecule has 5 nitrogen and oxygen atoms in total. The number of nitrogens with one attached hydrogen (secondary N) is 1. The Morgan fingerprint density at radius 3 is 1.40 bits per heavy atom. The van der Waals surface area contributed by atoms with Crippen molar-refractivity contribution >= 4 is 35.7 Å². The number of methoxy groups -OCH3 is 2. The van der Waals surface area contributed by atoms with Crippen LogP contribution in [0.5, 0.6) is 11.5 Å². The highest BCUT2D eigenvalue weighted by Gasteiger charge is 2.24. The molecule has 0 fully saturated rings. The molecule has 1 aromatic carbocycles. The minimum atomic E-state index is 0.798. The first-order valence-electron chi connectivity index (χ1n) is 14.5. The Balaban J connectivity index is 1.94. The number of hydrogen-bond donors (Lipinski definition) is 1. The smallest absolute Gasteiger partial charge is 0.132 e. The lowest BCUT2D eigenvalue weighted by Crippen LogP contribution is -2.16. The van der Waals surface area contributed by atoms with Crippen molar-refractivity contribution in [3.63, 3.8) is 0 Å². The van der Waals surface area contributed by atoms with Gasteiger partial charge in [0, 0.05) is 27.4 Å². The molecule has 0 aliphatic carbocycles. The molecular formula is C35H41N3O2. The van der Waals surface area contributed by atoms with E-state index in [2.05, 4.69) is 83.8 Å². The highest BCUT2D eigenvalue weighted by Crippen LogP contribution is 2.40. The molecule has 2 aromatic rings. The van der Waals surface area contributed by atoms with Gasteiger partial charge in [0.05, 0.1) is 37.0 Å². The van der Waals surface area contributed by atoms with Gasteiger partial charge in [-0.25, -0.2) is 9.98 Å². The number of fused-ring (bicyclic) bond motifs is 6. The van der Waals surface area contributed by atoms with Crippen LogP contribution in [0.2, 0.25) is 0 Å². The average Bonchev–Trinajstić information content (AvgIpc) is 3.53. The minimum Gasteiger partial charge on any atom is -0.496 e. The molecule has 4 heterocycles. The second-order valence-electron chi connectivity index (χ2n) is 10.6. The Morgan fingerprint density at radius 2 is 1.05 bits per heavy atom. The fraction of sp³-hybridized carbons (Fsp3) is 0.371. The Hall–Kier alpha value is -3.86. The number of nitrogens with zero attached hydrogens (tertiary/aromatic N) is 2. The van der Waals surface area contributed by atoms with Gasteiger partial charge in [-0.15, -0.1) is 0 Å². The van der Waals surface area contributed by atoms with E-state index in [9.17, 15) is 0 Å². The molecule has 0 saturated heterocycles. The van der Waals surface area contributed by atoms with Crippen LogP contribution in [0.3, 0.4) is 0 Å². The molecule has 1 aromatic heterocycles. The molecule has 0 amide bonds. The van der Waals surface area contributed by atoms with Crippen molar-refractivity contribution in [3.8, 4) is 11.5 Å². The quantitative estimate of drug-likeness (QED) is 0.443. The molecule has 208 valence electrons. The van der Waals surface area contributed by atoms with Crippen LogP contribution in [0.25, 0.3) is 24.3 Å². The molecule has 3 aliphatic heterocycles. The molecule has 1 N–H and O–H groups in total. The maximum Gasteiger partial charge on any atom is 0.132 e. The van der Waals surface area contributed by atoms with Gasteiger partial charge in [0.15, 0.2) is 0 Å². The SMILES string of the molecule is CCC1=C(C)C2=Cc3cc(c(OC)c(C)c3OC)C=C3N=C(C=c4[nH]c(c(CC)c4CC)=CC1=N2)C(CC)=C3C. The average molecular weight is 536 g/mol. The van der Waals surface area contributed by atoms with Crippen molar-refractivity contribution in [3.05, 3.63) is 78.3 Å². The number of H-pyrrole nitrogens is 1. The number of rotatable bonds is 6. The second-order valence-corrected chi connectivity index (χ2v) is 10.6. The summed E-state index contributed by atoms with van der Waals surface area (Å²) in [5.41, 5.74) is 14.6. The number of aliphatic imine (C=N–C) groups is 2. The molecule has 0 radical (unpaired) electrons. The van der Waals surface area contributed by atoms with Gasteiger partial charge < -0.3 is 14.5 Å². The third kappa shape index (κ3) is 4.42. The molecular weight excluding hydrogens is 494 g/mol. The molecule has 5 heteroatoms. The Kier molecular flexibility index (Phi) is 7.59. The van der Waals surface area contributed by atoms with Gasteiger partial charge in [0.1, 0.15) is 11.5 Å². The summed E-state index contributed by atoms with van der Waals surface area (Å²) in [7, 11) is 3.44. The summed E-state index contributed by atoms with van der Waals surface area (Å²) in [6, 6.07) is 2.14. The van der Waals surface area contributed by atoms with Gasteiger partial charge in [0.25, 0.3) is 0 Å². The van der Waals surface area contributed by atoms with Crippen molar-refractivity contribution in [2.75, 3.05) is 14.2 Å². The Bertz CT molecular complexity index is 1600. The van der Waals surface area contributed by atoms with Gasteiger partial charge in [-0.05, 0) is 110 Å². The zero-order chi connectivity index (χ0) is 28.7. The molecule has 8 bridgehead atoms. The summed E-state index contributed by atoms with van der Waals surface area (Å²) in [6.07, 6.45) is 12.5. The van der Waals surface area contributed by atoms with Crippen LogP contribution in [0.15, 0.2) is 49.7 Å². The number of allylic oxidation sites excluding steroid dienone is 4. The zero-order valence-corrected chi connectivity index (χ0v) is 25.4. The number of aromatic nitrogens is 1. The number of hydrogen-bond acceptors (Lipinski definition) is 4. The monoisotopic (exact) mass is 535 g/mol. The standard InChI is InChI=1S/C35H41N3O2/c1-10-24-19(5)28-15-22-14-23(35(40-9)21(7)34(22)39-8)16-29-20(6)25(11-2)31(37-29)18-33-27(13-4)26(12-3)32(38-33)17-30(24)36-28/h14-18,38H,10-13H2,1-9H3. The van der Waals surface area contributed by atoms with Gasteiger partial charge in [-0.3, -0.25) is 0 Å². The topological polar surface area (TPSA) is 59.0 Å². The predicted molar refractivity (Wildman–Crippen MR) is 169 cm³/mol. The van der Waals surface area contributed by atoms with E-state index in [1.165, 1.54) is 33.4 Å². The molecule has 0 spiro atoms. The molecule has 3 aliphatic rings. The van der Waals surface area contributed by atoms with Crippen LogP contribution < -0.4 is 20.2 Å². The molecule has 0 saturated carbocycles. The van der Waals surface area contributed by atoms with Crippen molar-refractivity contribution in [2.24, 2.45) is 9.98 Å².